The molecule has 6 aromatic rings. The maximum absolute atomic E-state index is 13.9. The number of ether oxygens (including phenoxy) is 1. The van der Waals surface area contributed by atoms with E-state index in [1.807, 2.05) is 62.5 Å². The fraction of sp³-hybridized carbons (Fsp3) is 0.289. The molecule has 12 heteroatoms. The Balaban J connectivity index is 0.959. The summed E-state index contributed by atoms with van der Waals surface area (Å²) in [7, 11) is 1.28. The molecule has 8 rings (SSSR count). The Morgan fingerprint density at radius 1 is 0.789 bits per heavy atom. The Bertz CT molecular complexity index is 2440. The summed E-state index contributed by atoms with van der Waals surface area (Å²) < 4.78 is 4.83. The van der Waals surface area contributed by atoms with Gasteiger partial charge in [0.1, 0.15) is 17.7 Å². The highest BCUT2D eigenvalue weighted by Gasteiger charge is 2.38. The van der Waals surface area contributed by atoms with E-state index >= 15 is 0 Å². The molecule has 3 amide bonds. The number of carbonyl (C=O) groups excluding carboxylic acids is 4. The molecule has 57 heavy (non-hydrogen) atoms. The van der Waals surface area contributed by atoms with E-state index in [2.05, 4.69) is 68.8 Å². The number of hydrogen-bond acceptors (Lipinski definition) is 7. The zero-order valence-electron chi connectivity index (χ0n) is 32.2. The fourth-order valence-electron chi connectivity index (χ4n) is 7.99. The zero-order chi connectivity index (χ0) is 39.6. The van der Waals surface area contributed by atoms with Crippen LogP contribution < -0.4 is 5.32 Å². The number of fused-ring (bicyclic) bond motifs is 1. The van der Waals surface area contributed by atoms with Crippen LogP contribution in [0.1, 0.15) is 74.9 Å². The first-order valence-electron chi connectivity index (χ1n) is 19.4. The minimum Gasteiger partial charge on any atom is -0.453 e. The molecule has 2 aliphatic heterocycles. The number of ketones is 1. The van der Waals surface area contributed by atoms with Crippen molar-refractivity contribution in [1.82, 2.24) is 35.1 Å². The summed E-state index contributed by atoms with van der Waals surface area (Å²) in [6.45, 7) is 4.69. The van der Waals surface area contributed by atoms with Crippen molar-refractivity contribution < 1.29 is 23.9 Å². The van der Waals surface area contributed by atoms with Gasteiger partial charge in [-0.05, 0) is 63.9 Å². The van der Waals surface area contributed by atoms with E-state index in [1.165, 1.54) is 7.11 Å². The van der Waals surface area contributed by atoms with Crippen LogP contribution in [0.3, 0.4) is 0 Å². The molecule has 2 saturated heterocycles. The number of aromatic nitrogens is 4. The second-order valence-corrected chi connectivity index (χ2v) is 15.3. The molecule has 2 aromatic heterocycles. The summed E-state index contributed by atoms with van der Waals surface area (Å²) in [5, 5.41) is 4.89. The first-order valence-corrected chi connectivity index (χ1v) is 19.4. The molecule has 0 bridgehead atoms. The minimum absolute atomic E-state index is 0.0168. The zero-order valence-corrected chi connectivity index (χ0v) is 32.2. The standard InChI is InChI=1S/C45H45N7O5/c1-27(2)20-40(54)52-26-35(53)23-39(52)43-47-24-36(48-43)29-13-11-28(12-14-29)31-15-16-33-22-34(18-17-32(33)21-31)37-25-46-42(49-37)38-10-7-19-51(38)44(55)41(50-45(56)57-3)30-8-5-4-6-9-30/h4-6,8-9,11-18,21-22,24-25,27,38-39,41H,7,10,19-20,23,26H2,1-3H3,(H,46,49)(H,47,48)(H,50,56). The number of H-pyrrole nitrogens is 2. The van der Waals surface area contributed by atoms with Gasteiger partial charge in [0, 0.05) is 24.9 Å². The number of aromatic amines is 2. The molecule has 4 heterocycles. The number of likely N-dealkylation sites (tertiary alicyclic amines) is 2. The SMILES string of the molecule is COC(=O)NC(C(=O)N1CCCC1c1ncc(-c2ccc3cc(-c4ccc(-c5cnc(C6CC(=O)CN6C(=O)CC(C)C)[nH]5)cc4)ccc3c2)[nH]1)c1ccccc1. The van der Waals surface area contributed by atoms with Crippen molar-refractivity contribution in [3.8, 4) is 33.6 Å². The molecule has 12 nitrogen and oxygen atoms in total. The van der Waals surface area contributed by atoms with Crippen molar-refractivity contribution in [3.63, 3.8) is 0 Å². The maximum atomic E-state index is 13.9. The van der Waals surface area contributed by atoms with E-state index in [4.69, 9.17) is 9.72 Å². The van der Waals surface area contributed by atoms with Crippen molar-refractivity contribution in [1.29, 1.82) is 0 Å². The summed E-state index contributed by atoms with van der Waals surface area (Å²) in [5.41, 5.74) is 6.47. The number of hydrogen-bond donors (Lipinski definition) is 3. The van der Waals surface area contributed by atoms with Crippen LogP contribution >= 0.6 is 0 Å². The quantitative estimate of drug-likeness (QED) is 0.128. The lowest BCUT2D eigenvalue weighted by Crippen LogP contribution is -2.42. The Kier molecular flexibility index (Phi) is 10.4. The number of nitrogens with zero attached hydrogens (tertiary/aromatic N) is 4. The third kappa shape index (κ3) is 7.80. The first-order chi connectivity index (χ1) is 27.6. The van der Waals surface area contributed by atoms with Gasteiger partial charge in [-0.3, -0.25) is 14.4 Å². The second kappa shape index (κ2) is 15.9. The number of Topliss-reactive ketones (excluding diaryl/α,β-unsaturated/α-hetero) is 1. The second-order valence-electron chi connectivity index (χ2n) is 15.3. The molecule has 0 radical (unpaired) electrons. The number of alkyl carbamates (subject to hydrolysis) is 1. The van der Waals surface area contributed by atoms with Gasteiger partial charge in [-0.1, -0.05) is 92.7 Å². The van der Waals surface area contributed by atoms with Crippen molar-refractivity contribution in [2.75, 3.05) is 20.2 Å². The van der Waals surface area contributed by atoms with Crippen molar-refractivity contribution in [2.24, 2.45) is 5.92 Å². The summed E-state index contributed by atoms with van der Waals surface area (Å²) in [6.07, 6.45) is 5.17. The van der Waals surface area contributed by atoms with Gasteiger partial charge in [0.25, 0.3) is 5.91 Å². The van der Waals surface area contributed by atoms with Crippen LogP contribution in [0.2, 0.25) is 0 Å². The Labute approximate surface area is 330 Å². The predicted octanol–water partition coefficient (Wildman–Crippen LogP) is 7.94. The van der Waals surface area contributed by atoms with Crippen LogP contribution in [0.15, 0.2) is 103 Å². The van der Waals surface area contributed by atoms with Crippen molar-refractivity contribution >= 4 is 34.5 Å². The van der Waals surface area contributed by atoms with Crippen LogP contribution in [0.25, 0.3) is 44.4 Å². The smallest absolute Gasteiger partial charge is 0.407 e. The topological polar surface area (TPSA) is 153 Å². The lowest BCUT2D eigenvalue weighted by molar-refractivity contribution is -0.135. The Morgan fingerprint density at radius 3 is 2.09 bits per heavy atom. The van der Waals surface area contributed by atoms with Crippen LogP contribution in [-0.2, 0) is 19.1 Å². The maximum Gasteiger partial charge on any atom is 0.407 e. The van der Waals surface area contributed by atoms with Crippen LogP contribution in [0, 0.1) is 5.92 Å². The predicted molar refractivity (Wildman–Crippen MR) is 216 cm³/mol. The molecular weight excluding hydrogens is 719 g/mol. The van der Waals surface area contributed by atoms with E-state index in [0.717, 1.165) is 57.3 Å². The Morgan fingerprint density at radius 2 is 1.40 bits per heavy atom. The third-order valence-corrected chi connectivity index (χ3v) is 10.9. The average molecular weight is 764 g/mol. The molecule has 3 atom stereocenters. The molecule has 290 valence electrons. The van der Waals surface area contributed by atoms with E-state index in [9.17, 15) is 19.2 Å². The molecule has 4 aromatic carbocycles. The average Bonchev–Trinajstić information content (AvgIpc) is 4.06. The largest absolute Gasteiger partial charge is 0.453 e. The van der Waals surface area contributed by atoms with Crippen LogP contribution in [0.4, 0.5) is 4.79 Å². The highest BCUT2D eigenvalue weighted by atomic mass is 16.5. The minimum atomic E-state index is -0.878. The molecule has 0 aliphatic carbocycles. The van der Waals surface area contributed by atoms with Crippen molar-refractivity contribution in [2.45, 2.75) is 57.7 Å². The Hall–Kier alpha value is -6.56. The molecule has 3 N–H and O–H groups in total. The van der Waals surface area contributed by atoms with Gasteiger partial charge in [-0.15, -0.1) is 0 Å². The molecule has 2 fully saturated rings. The first kappa shape index (κ1) is 37.4. The van der Waals surface area contributed by atoms with E-state index in [1.54, 1.807) is 16.0 Å². The number of nitrogens with one attached hydrogen (secondary N) is 3. The molecule has 3 unspecified atom stereocenters. The summed E-state index contributed by atoms with van der Waals surface area (Å²) in [6, 6.07) is 28.7. The van der Waals surface area contributed by atoms with Gasteiger partial charge in [0.15, 0.2) is 5.78 Å². The number of amides is 3. The molecule has 2 aliphatic rings. The lowest BCUT2D eigenvalue weighted by Gasteiger charge is -2.28. The van der Waals surface area contributed by atoms with Gasteiger partial charge >= 0.3 is 6.09 Å². The third-order valence-electron chi connectivity index (χ3n) is 10.9. The van der Waals surface area contributed by atoms with E-state index in [-0.39, 0.29) is 48.6 Å². The van der Waals surface area contributed by atoms with Gasteiger partial charge < -0.3 is 29.8 Å². The molecule has 0 saturated carbocycles. The number of carbonyl (C=O) groups is 4. The fourth-order valence-corrected chi connectivity index (χ4v) is 7.99. The van der Waals surface area contributed by atoms with Crippen molar-refractivity contribution in [3.05, 3.63) is 121 Å². The number of rotatable bonds is 10. The van der Waals surface area contributed by atoms with Crippen LogP contribution in [0.5, 0.6) is 0 Å². The highest BCUT2D eigenvalue weighted by Crippen LogP contribution is 2.36. The van der Waals surface area contributed by atoms with Gasteiger partial charge in [-0.2, -0.15) is 0 Å². The van der Waals surface area contributed by atoms with Gasteiger partial charge in [0.2, 0.25) is 5.91 Å². The molecule has 0 spiro atoms. The lowest BCUT2D eigenvalue weighted by atomic mass is 9.98. The monoisotopic (exact) mass is 763 g/mol. The number of imidazole rings is 2. The summed E-state index contributed by atoms with van der Waals surface area (Å²) in [5.74, 6) is 1.38. The summed E-state index contributed by atoms with van der Waals surface area (Å²) in [4.78, 5) is 70.9. The van der Waals surface area contributed by atoms with E-state index < -0.39 is 12.1 Å². The van der Waals surface area contributed by atoms with Crippen LogP contribution in [-0.4, -0.2) is 73.6 Å². The summed E-state index contributed by atoms with van der Waals surface area (Å²) >= 11 is 0. The number of benzene rings is 4. The number of methoxy groups -OCH3 is 1. The molecular formula is C45H45N7O5. The van der Waals surface area contributed by atoms with Gasteiger partial charge in [0.05, 0.1) is 49.5 Å². The van der Waals surface area contributed by atoms with Gasteiger partial charge in [-0.25, -0.2) is 14.8 Å². The highest BCUT2D eigenvalue weighted by molar-refractivity contribution is 5.92. The normalized spacial score (nSPS) is 17.4. The van der Waals surface area contributed by atoms with E-state index in [0.29, 0.717) is 30.2 Å².